The largest absolute Gasteiger partial charge is 0.481 e. The molecule has 2 aliphatic rings. The van der Waals surface area contributed by atoms with Gasteiger partial charge in [0.1, 0.15) is 0 Å². The van der Waals surface area contributed by atoms with Gasteiger partial charge in [-0.2, -0.15) is 0 Å². The molecule has 0 aromatic rings. The molecule has 0 saturated carbocycles. The molecule has 2 fully saturated rings. The zero-order valence-corrected chi connectivity index (χ0v) is 13.6. The van der Waals surface area contributed by atoms with E-state index in [-0.39, 0.29) is 29.8 Å². The molecule has 124 valence electrons. The van der Waals surface area contributed by atoms with Crippen LogP contribution in [0.25, 0.3) is 0 Å². The van der Waals surface area contributed by atoms with Crippen molar-refractivity contribution in [3.63, 3.8) is 0 Å². The summed E-state index contributed by atoms with van der Waals surface area (Å²) < 4.78 is 5.67. The molecule has 0 aromatic heterocycles. The van der Waals surface area contributed by atoms with E-state index < -0.39 is 5.97 Å². The summed E-state index contributed by atoms with van der Waals surface area (Å²) in [5.41, 5.74) is 1.03. The zero-order valence-electron chi connectivity index (χ0n) is 13.6. The van der Waals surface area contributed by atoms with Gasteiger partial charge in [-0.05, 0) is 38.5 Å². The Bertz CT molecular complexity index is 440. The number of carbonyl (C=O) groups excluding carboxylic acids is 1. The fraction of sp³-hybridized carbons (Fsp3) is 0.765. The summed E-state index contributed by atoms with van der Waals surface area (Å²) in [4.78, 5) is 25.6. The maximum Gasteiger partial charge on any atom is 0.309 e. The predicted octanol–water partition coefficient (Wildman–Crippen LogP) is 2.32. The van der Waals surface area contributed by atoms with E-state index in [9.17, 15) is 14.7 Å². The van der Waals surface area contributed by atoms with Gasteiger partial charge in [0.05, 0.1) is 12.0 Å². The minimum absolute atomic E-state index is 0.0245. The monoisotopic (exact) mass is 309 g/mol. The van der Waals surface area contributed by atoms with Gasteiger partial charge in [-0.25, -0.2) is 0 Å². The van der Waals surface area contributed by atoms with Gasteiger partial charge in [0.25, 0.3) is 0 Å². The number of allylic oxidation sites excluding steroid dienone is 1. The van der Waals surface area contributed by atoms with Gasteiger partial charge in [-0.15, -0.1) is 6.58 Å². The molecule has 5 nitrogen and oxygen atoms in total. The molecule has 2 aliphatic heterocycles. The first-order valence-corrected chi connectivity index (χ1v) is 8.17. The highest BCUT2D eigenvalue weighted by Gasteiger charge is 2.41. The number of hydrogen-bond donors (Lipinski definition) is 1. The minimum Gasteiger partial charge on any atom is -0.481 e. The number of piperidine rings is 1. The van der Waals surface area contributed by atoms with Crippen LogP contribution < -0.4 is 0 Å². The summed E-state index contributed by atoms with van der Waals surface area (Å²) >= 11 is 0. The Morgan fingerprint density at radius 1 is 1.32 bits per heavy atom. The number of aliphatic carboxylic acids is 1. The predicted molar refractivity (Wildman–Crippen MR) is 83.4 cm³/mol. The van der Waals surface area contributed by atoms with Crippen molar-refractivity contribution in [2.45, 2.75) is 45.6 Å². The molecule has 22 heavy (non-hydrogen) atoms. The first kappa shape index (κ1) is 17.0. The molecule has 5 heteroatoms. The van der Waals surface area contributed by atoms with Crippen LogP contribution in [0.1, 0.15) is 39.5 Å². The zero-order chi connectivity index (χ0) is 16.3. The molecule has 2 saturated heterocycles. The summed E-state index contributed by atoms with van der Waals surface area (Å²) in [5, 5.41) is 9.26. The van der Waals surface area contributed by atoms with E-state index in [1.165, 1.54) is 0 Å². The summed E-state index contributed by atoms with van der Waals surface area (Å²) in [6.07, 6.45) is 2.82. The number of carboxylic acids is 1. The second-order valence-electron chi connectivity index (χ2n) is 6.79. The lowest BCUT2D eigenvalue weighted by Gasteiger charge is -2.36. The van der Waals surface area contributed by atoms with Gasteiger partial charge in [-0.1, -0.05) is 12.5 Å². The third-order valence-corrected chi connectivity index (χ3v) is 4.85. The van der Waals surface area contributed by atoms with Crippen molar-refractivity contribution in [2.75, 3.05) is 19.7 Å². The molecular formula is C17H27NO4. The molecule has 2 heterocycles. The van der Waals surface area contributed by atoms with E-state index in [1.807, 2.05) is 18.7 Å². The highest BCUT2D eigenvalue weighted by molar-refractivity contribution is 5.78. The van der Waals surface area contributed by atoms with Crippen LogP contribution in [-0.4, -0.2) is 47.7 Å². The molecule has 3 atom stereocenters. The Morgan fingerprint density at radius 2 is 1.95 bits per heavy atom. The number of likely N-dealkylation sites (tertiary alicyclic amines) is 1. The lowest BCUT2D eigenvalue weighted by atomic mass is 9.84. The van der Waals surface area contributed by atoms with Gasteiger partial charge in [-0.3, -0.25) is 9.59 Å². The average Bonchev–Trinajstić information content (AvgIpc) is 2.95. The Kier molecular flexibility index (Phi) is 5.62. The van der Waals surface area contributed by atoms with Crippen LogP contribution in [0.4, 0.5) is 0 Å². The van der Waals surface area contributed by atoms with Crippen molar-refractivity contribution in [2.24, 2.45) is 17.8 Å². The highest BCUT2D eigenvalue weighted by Crippen LogP contribution is 2.33. The number of hydrogen-bond acceptors (Lipinski definition) is 3. The van der Waals surface area contributed by atoms with Crippen LogP contribution in [0.5, 0.6) is 0 Å². The number of ether oxygens (including phenoxy) is 1. The second kappa shape index (κ2) is 7.27. The molecule has 2 rings (SSSR count). The second-order valence-corrected chi connectivity index (χ2v) is 6.79. The standard InChI is InChI=1S/C17H27NO4/c1-11(2)10-12(3)16(19)18-7-4-13(5-8-18)15-14(17(20)21)6-9-22-15/h12-15H,1,4-10H2,2-3H3,(H,20,21)/t12?,14?,15-/m0/s1. The van der Waals surface area contributed by atoms with E-state index in [4.69, 9.17) is 4.74 Å². The minimum atomic E-state index is -0.754. The van der Waals surface area contributed by atoms with E-state index in [0.717, 1.165) is 24.8 Å². The van der Waals surface area contributed by atoms with Crippen molar-refractivity contribution in [1.29, 1.82) is 0 Å². The van der Waals surface area contributed by atoms with Crippen LogP contribution in [0.3, 0.4) is 0 Å². The van der Waals surface area contributed by atoms with Gasteiger partial charge in [0.15, 0.2) is 0 Å². The molecule has 1 N–H and O–H groups in total. The Labute approximate surface area is 132 Å². The fourth-order valence-electron chi connectivity index (χ4n) is 3.71. The van der Waals surface area contributed by atoms with Crippen molar-refractivity contribution >= 4 is 11.9 Å². The molecule has 0 spiro atoms. The van der Waals surface area contributed by atoms with Crippen molar-refractivity contribution in [3.8, 4) is 0 Å². The van der Waals surface area contributed by atoms with Crippen molar-refractivity contribution in [1.82, 2.24) is 4.90 Å². The van der Waals surface area contributed by atoms with E-state index in [2.05, 4.69) is 6.58 Å². The van der Waals surface area contributed by atoms with Crippen molar-refractivity contribution < 1.29 is 19.4 Å². The SMILES string of the molecule is C=C(C)CC(C)C(=O)N1CCC([C@@H]2OCCC2C(=O)O)CC1. The number of amides is 1. The lowest BCUT2D eigenvalue weighted by Crippen LogP contribution is -2.45. The fourth-order valence-corrected chi connectivity index (χ4v) is 3.71. The van der Waals surface area contributed by atoms with Crippen LogP contribution in [-0.2, 0) is 14.3 Å². The summed E-state index contributed by atoms with van der Waals surface area (Å²) in [6, 6.07) is 0. The maximum atomic E-state index is 12.4. The highest BCUT2D eigenvalue weighted by atomic mass is 16.5. The number of carbonyl (C=O) groups is 2. The van der Waals surface area contributed by atoms with Gasteiger partial charge >= 0.3 is 5.97 Å². The molecule has 0 bridgehead atoms. The van der Waals surface area contributed by atoms with E-state index >= 15 is 0 Å². The third kappa shape index (κ3) is 3.88. The molecule has 1 amide bonds. The molecule has 0 aliphatic carbocycles. The van der Waals surface area contributed by atoms with E-state index in [1.54, 1.807) is 0 Å². The molecular weight excluding hydrogens is 282 g/mol. The van der Waals surface area contributed by atoms with Crippen molar-refractivity contribution in [3.05, 3.63) is 12.2 Å². The lowest BCUT2D eigenvalue weighted by molar-refractivity contribution is -0.146. The molecule has 0 radical (unpaired) electrons. The first-order chi connectivity index (χ1) is 10.4. The average molecular weight is 309 g/mol. The topological polar surface area (TPSA) is 66.8 Å². The van der Waals surface area contributed by atoms with Gasteiger partial charge in [0, 0.05) is 25.6 Å². The van der Waals surface area contributed by atoms with Crippen LogP contribution in [0.15, 0.2) is 12.2 Å². The van der Waals surface area contributed by atoms with Gasteiger partial charge < -0.3 is 14.7 Å². The smallest absolute Gasteiger partial charge is 0.309 e. The summed E-state index contributed by atoms with van der Waals surface area (Å²) in [7, 11) is 0. The summed E-state index contributed by atoms with van der Waals surface area (Å²) in [6.45, 7) is 9.71. The quantitative estimate of drug-likeness (QED) is 0.791. The maximum absolute atomic E-state index is 12.4. The Morgan fingerprint density at radius 3 is 2.50 bits per heavy atom. The van der Waals surface area contributed by atoms with Crippen LogP contribution in [0, 0.1) is 17.8 Å². The first-order valence-electron chi connectivity index (χ1n) is 8.17. The summed E-state index contributed by atoms with van der Waals surface area (Å²) in [5.74, 6) is -0.720. The number of carboxylic acid groups (broad SMARTS) is 1. The van der Waals surface area contributed by atoms with Crippen LogP contribution in [0.2, 0.25) is 0 Å². The Balaban J connectivity index is 1.86. The Hall–Kier alpha value is -1.36. The number of rotatable bonds is 5. The number of nitrogens with zero attached hydrogens (tertiary/aromatic N) is 1. The van der Waals surface area contributed by atoms with E-state index in [0.29, 0.717) is 26.1 Å². The molecule has 2 unspecified atom stereocenters. The third-order valence-electron chi connectivity index (χ3n) is 4.85. The van der Waals surface area contributed by atoms with Gasteiger partial charge in [0.2, 0.25) is 5.91 Å². The van der Waals surface area contributed by atoms with Crippen LogP contribution >= 0.6 is 0 Å². The normalized spacial score (nSPS) is 27.6. The molecule has 0 aromatic carbocycles.